The van der Waals surface area contributed by atoms with Crippen LogP contribution < -0.4 is 10.1 Å². The van der Waals surface area contributed by atoms with Gasteiger partial charge in [0, 0.05) is 18.1 Å². The topological polar surface area (TPSA) is 58.6 Å². The van der Waals surface area contributed by atoms with Crippen molar-refractivity contribution in [3.05, 3.63) is 63.6 Å². The molecule has 0 saturated carbocycles. The Labute approximate surface area is 188 Å². The van der Waals surface area contributed by atoms with Gasteiger partial charge in [-0.3, -0.25) is 9.59 Å². The lowest BCUT2D eigenvalue weighted by Gasteiger charge is -2.29. The van der Waals surface area contributed by atoms with Crippen molar-refractivity contribution in [2.75, 3.05) is 13.2 Å². The van der Waals surface area contributed by atoms with Crippen LogP contribution in [0.3, 0.4) is 0 Å². The minimum atomic E-state index is -0.653. The maximum absolute atomic E-state index is 13.0. The SMILES string of the molecule is Cc1ccccc1CN(C(=O)COc1ccc(Cl)cc1Cl)C(C)C(=O)NCC(C)C. The Kier molecular flexibility index (Phi) is 9.00. The van der Waals surface area contributed by atoms with Crippen molar-refractivity contribution in [2.45, 2.75) is 40.3 Å². The summed E-state index contributed by atoms with van der Waals surface area (Å²) in [6, 6.07) is 11.9. The van der Waals surface area contributed by atoms with E-state index in [-0.39, 0.29) is 18.4 Å². The molecule has 1 N–H and O–H groups in total. The number of nitrogens with zero attached hydrogens (tertiary/aromatic N) is 1. The Morgan fingerprint density at radius 1 is 1.10 bits per heavy atom. The summed E-state index contributed by atoms with van der Waals surface area (Å²) in [5, 5.41) is 3.70. The predicted octanol–water partition coefficient (Wildman–Crippen LogP) is 4.87. The van der Waals surface area contributed by atoms with Crippen LogP contribution >= 0.6 is 23.2 Å². The molecular weight excluding hydrogens is 423 g/mol. The standard InChI is InChI=1S/C23H28Cl2N2O3/c1-15(2)12-26-23(29)17(4)27(13-18-8-6-5-7-16(18)3)22(28)14-30-21-10-9-19(24)11-20(21)25/h5-11,15,17H,12-14H2,1-4H3,(H,26,29). The number of rotatable bonds is 9. The van der Waals surface area contributed by atoms with Gasteiger partial charge >= 0.3 is 0 Å². The van der Waals surface area contributed by atoms with Crippen LogP contribution in [0.5, 0.6) is 5.75 Å². The van der Waals surface area contributed by atoms with E-state index in [0.29, 0.717) is 34.8 Å². The lowest BCUT2D eigenvalue weighted by Crippen LogP contribution is -2.49. The second kappa shape index (κ2) is 11.2. The van der Waals surface area contributed by atoms with Crippen LogP contribution in [-0.2, 0) is 16.1 Å². The third kappa shape index (κ3) is 6.92. The molecule has 0 aliphatic heterocycles. The molecule has 30 heavy (non-hydrogen) atoms. The van der Waals surface area contributed by atoms with Gasteiger partial charge in [0.15, 0.2) is 6.61 Å². The number of hydrogen-bond donors (Lipinski definition) is 1. The fraction of sp³-hybridized carbons (Fsp3) is 0.391. The van der Waals surface area contributed by atoms with Gasteiger partial charge in [-0.25, -0.2) is 0 Å². The average Bonchev–Trinajstić information content (AvgIpc) is 2.70. The second-order valence-electron chi connectivity index (χ2n) is 7.63. The van der Waals surface area contributed by atoms with Crippen molar-refractivity contribution in [3.63, 3.8) is 0 Å². The summed E-state index contributed by atoms with van der Waals surface area (Å²) in [6.07, 6.45) is 0. The number of aryl methyl sites for hydroxylation is 1. The summed E-state index contributed by atoms with van der Waals surface area (Å²) in [7, 11) is 0. The fourth-order valence-electron chi connectivity index (χ4n) is 2.82. The minimum Gasteiger partial charge on any atom is -0.482 e. The van der Waals surface area contributed by atoms with Gasteiger partial charge in [0.05, 0.1) is 5.02 Å². The van der Waals surface area contributed by atoms with E-state index in [1.165, 1.54) is 4.90 Å². The summed E-state index contributed by atoms with van der Waals surface area (Å²) < 4.78 is 5.62. The Morgan fingerprint density at radius 3 is 2.43 bits per heavy atom. The van der Waals surface area contributed by atoms with Crippen molar-refractivity contribution >= 4 is 35.0 Å². The zero-order chi connectivity index (χ0) is 22.3. The van der Waals surface area contributed by atoms with E-state index >= 15 is 0 Å². The molecule has 2 amide bonds. The number of carbonyl (C=O) groups is 2. The van der Waals surface area contributed by atoms with Gasteiger partial charge in [0.2, 0.25) is 5.91 Å². The van der Waals surface area contributed by atoms with Crippen molar-refractivity contribution in [1.29, 1.82) is 0 Å². The first kappa shape index (κ1) is 24.0. The Morgan fingerprint density at radius 2 is 1.80 bits per heavy atom. The lowest BCUT2D eigenvalue weighted by atomic mass is 10.1. The second-order valence-corrected chi connectivity index (χ2v) is 8.47. The average molecular weight is 451 g/mol. The molecule has 0 aliphatic rings. The molecule has 0 radical (unpaired) electrons. The number of amides is 2. The molecule has 0 bridgehead atoms. The highest BCUT2D eigenvalue weighted by molar-refractivity contribution is 6.35. The Balaban J connectivity index is 2.17. The first-order valence-corrected chi connectivity index (χ1v) is 10.6. The summed E-state index contributed by atoms with van der Waals surface area (Å²) in [4.78, 5) is 27.2. The predicted molar refractivity (Wildman–Crippen MR) is 121 cm³/mol. The van der Waals surface area contributed by atoms with Crippen molar-refractivity contribution in [3.8, 4) is 5.75 Å². The van der Waals surface area contributed by atoms with Crippen LogP contribution in [0.4, 0.5) is 0 Å². The molecule has 0 aliphatic carbocycles. The first-order valence-electron chi connectivity index (χ1n) is 9.88. The summed E-state index contributed by atoms with van der Waals surface area (Å²) in [5.41, 5.74) is 2.02. The number of hydrogen-bond acceptors (Lipinski definition) is 3. The van der Waals surface area contributed by atoms with Crippen LogP contribution in [0.15, 0.2) is 42.5 Å². The molecule has 1 unspecified atom stereocenters. The van der Waals surface area contributed by atoms with Gasteiger partial charge in [-0.2, -0.15) is 0 Å². The van der Waals surface area contributed by atoms with Crippen LogP contribution in [0.25, 0.3) is 0 Å². The minimum absolute atomic E-state index is 0.199. The summed E-state index contributed by atoms with van der Waals surface area (Å²) in [6.45, 7) is 8.35. The van der Waals surface area contributed by atoms with Crippen LogP contribution in [-0.4, -0.2) is 35.9 Å². The highest BCUT2D eigenvalue weighted by Crippen LogP contribution is 2.27. The molecule has 2 rings (SSSR count). The van der Waals surface area contributed by atoms with Crippen LogP contribution in [0, 0.1) is 12.8 Å². The third-order valence-corrected chi connectivity index (χ3v) is 5.23. The van der Waals surface area contributed by atoms with Crippen molar-refractivity contribution < 1.29 is 14.3 Å². The zero-order valence-electron chi connectivity index (χ0n) is 17.7. The fourth-order valence-corrected chi connectivity index (χ4v) is 3.28. The van der Waals surface area contributed by atoms with Gasteiger partial charge in [-0.15, -0.1) is 0 Å². The van der Waals surface area contributed by atoms with Crippen LogP contribution in [0.1, 0.15) is 31.9 Å². The molecule has 7 heteroatoms. The van der Waals surface area contributed by atoms with E-state index in [0.717, 1.165) is 11.1 Å². The van der Waals surface area contributed by atoms with Gasteiger partial charge < -0.3 is 15.0 Å². The molecular formula is C23H28Cl2N2O3. The maximum Gasteiger partial charge on any atom is 0.261 e. The smallest absolute Gasteiger partial charge is 0.261 e. The van der Waals surface area contributed by atoms with Crippen LogP contribution in [0.2, 0.25) is 10.0 Å². The molecule has 2 aromatic rings. The molecule has 0 saturated heterocycles. The van der Waals surface area contributed by atoms with Gasteiger partial charge in [0.1, 0.15) is 11.8 Å². The van der Waals surface area contributed by atoms with E-state index in [2.05, 4.69) is 5.32 Å². The number of ether oxygens (including phenoxy) is 1. The molecule has 1 atom stereocenters. The van der Waals surface area contributed by atoms with E-state index in [4.69, 9.17) is 27.9 Å². The van der Waals surface area contributed by atoms with Gasteiger partial charge in [-0.1, -0.05) is 61.3 Å². The first-order chi connectivity index (χ1) is 14.2. The van der Waals surface area contributed by atoms with E-state index in [1.807, 2.05) is 45.0 Å². The normalized spacial score (nSPS) is 11.8. The number of benzene rings is 2. The number of halogens is 2. The molecule has 5 nitrogen and oxygen atoms in total. The highest BCUT2D eigenvalue weighted by atomic mass is 35.5. The summed E-state index contributed by atoms with van der Waals surface area (Å²) in [5.74, 6) is 0.172. The quantitative estimate of drug-likeness (QED) is 0.592. The van der Waals surface area contributed by atoms with E-state index in [1.54, 1.807) is 25.1 Å². The third-order valence-electron chi connectivity index (χ3n) is 4.70. The van der Waals surface area contributed by atoms with Gasteiger partial charge in [0.25, 0.3) is 5.91 Å². The molecule has 0 heterocycles. The highest BCUT2D eigenvalue weighted by Gasteiger charge is 2.27. The molecule has 0 spiro atoms. The molecule has 0 fully saturated rings. The van der Waals surface area contributed by atoms with E-state index < -0.39 is 6.04 Å². The van der Waals surface area contributed by atoms with Gasteiger partial charge in [-0.05, 0) is 49.1 Å². The number of nitrogens with one attached hydrogen (secondary N) is 1. The molecule has 2 aromatic carbocycles. The lowest BCUT2D eigenvalue weighted by molar-refractivity contribution is -0.142. The van der Waals surface area contributed by atoms with E-state index in [9.17, 15) is 9.59 Å². The molecule has 0 aromatic heterocycles. The Hall–Kier alpha value is -2.24. The molecule has 162 valence electrons. The maximum atomic E-state index is 13.0. The summed E-state index contributed by atoms with van der Waals surface area (Å²) >= 11 is 12.0. The Bertz CT molecular complexity index is 887. The number of carbonyl (C=O) groups excluding carboxylic acids is 2. The zero-order valence-corrected chi connectivity index (χ0v) is 19.3. The monoisotopic (exact) mass is 450 g/mol. The van der Waals surface area contributed by atoms with Crippen molar-refractivity contribution in [2.24, 2.45) is 5.92 Å². The largest absolute Gasteiger partial charge is 0.482 e. The van der Waals surface area contributed by atoms with Crippen molar-refractivity contribution in [1.82, 2.24) is 10.2 Å².